The summed E-state index contributed by atoms with van der Waals surface area (Å²) in [4.78, 5) is 11.9. The van der Waals surface area contributed by atoms with Gasteiger partial charge in [-0.15, -0.1) is 10.2 Å². The van der Waals surface area contributed by atoms with Crippen molar-refractivity contribution >= 4 is 28.5 Å². The third-order valence-electron chi connectivity index (χ3n) is 3.15. The smallest absolute Gasteiger partial charge is 0.250 e. The number of halogens is 1. The van der Waals surface area contributed by atoms with Crippen LogP contribution in [-0.4, -0.2) is 25.9 Å². The van der Waals surface area contributed by atoms with E-state index in [0.717, 1.165) is 5.56 Å². The Morgan fingerprint density at radius 2 is 2.21 bits per heavy atom. The van der Waals surface area contributed by atoms with Crippen LogP contribution in [0.2, 0.25) is 0 Å². The number of benzene rings is 1. The number of amides is 1. The molecule has 3 rings (SSSR count). The Bertz CT molecular complexity index is 886. The molecule has 8 heteroatoms. The van der Waals surface area contributed by atoms with Crippen LogP contribution in [0.15, 0.2) is 42.7 Å². The summed E-state index contributed by atoms with van der Waals surface area (Å²) in [6, 6.07) is 6.51. The Balaban J connectivity index is 1.60. The van der Waals surface area contributed by atoms with E-state index in [1.165, 1.54) is 23.5 Å². The standard InChI is InChI=1S/C16H14FN5OS/c1-22-10-11(9-18-22)6-7-14(23)19-16-21-20-15(24-16)8-12-4-2-3-5-13(12)17/h2-7,9-10H,8H2,1H3,(H,19,21,23). The number of anilines is 1. The number of aromatic nitrogens is 4. The highest BCUT2D eigenvalue weighted by atomic mass is 32.1. The molecule has 0 unspecified atom stereocenters. The van der Waals surface area contributed by atoms with Gasteiger partial charge in [-0.3, -0.25) is 14.8 Å². The zero-order valence-electron chi connectivity index (χ0n) is 12.8. The lowest BCUT2D eigenvalue weighted by Gasteiger charge is -1.98. The minimum absolute atomic E-state index is 0.280. The van der Waals surface area contributed by atoms with Crippen molar-refractivity contribution in [2.45, 2.75) is 6.42 Å². The molecule has 0 aliphatic heterocycles. The molecular weight excluding hydrogens is 329 g/mol. The molecule has 0 saturated carbocycles. The fraction of sp³-hybridized carbons (Fsp3) is 0.125. The zero-order chi connectivity index (χ0) is 16.9. The number of rotatable bonds is 5. The van der Waals surface area contributed by atoms with E-state index in [4.69, 9.17) is 0 Å². The van der Waals surface area contributed by atoms with E-state index in [1.807, 2.05) is 0 Å². The Morgan fingerprint density at radius 3 is 2.96 bits per heavy atom. The summed E-state index contributed by atoms with van der Waals surface area (Å²) < 4.78 is 15.3. The highest BCUT2D eigenvalue weighted by Gasteiger charge is 2.09. The van der Waals surface area contributed by atoms with Crippen LogP contribution in [0.4, 0.5) is 9.52 Å². The third-order valence-corrected chi connectivity index (χ3v) is 3.99. The second-order valence-corrected chi connectivity index (χ2v) is 6.10. The van der Waals surface area contributed by atoms with Crippen LogP contribution in [-0.2, 0) is 18.3 Å². The van der Waals surface area contributed by atoms with E-state index < -0.39 is 0 Å². The summed E-state index contributed by atoms with van der Waals surface area (Å²) in [6.07, 6.45) is 6.84. The molecule has 1 aromatic carbocycles. The minimum Gasteiger partial charge on any atom is -0.297 e. The quantitative estimate of drug-likeness (QED) is 0.723. The van der Waals surface area contributed by atoms with E-state index in [9.17, 15) is 9.18 Å². The monoisotopic (exact) mass is 343 g/mol. The van der Waals surface area contributed by atoms with Crippen molar-refractivity contribution in [2.75, 3.05) is 5.32 Å². The molecule has 0 aliphatic rings. The first kappa shape index (κ1) is 16.0. The van der Waals surface area contributed by atoms with Gasteiger partial charge in [0.15, 0.2) is 0 Å². The lowest BCUT2D eigenvalue weighted by molar-refractivity contribution is -0.111. The van der Waals surface area contributed by atoms with Crippen molar-refractivity contribution in [3.8, 4) is 0 Å². The lowest BCUT2D eigenvalue weighted by Crippen LogP contribution is -2.07. The number of aryl methyl sites for hydroxylation is 1. The van der Waals surface area contributed by atoms with E-state index in [1.54, 1.807) is 48.4 Å². The average Bonchev–Trinajstić information content (AvgIpc) is 3.17. The second kappa shape index (κ2) is 7.14. The van der Waals surface area contributed by atoms with E-state index >= 15 is 0 Å². The normalized spacial score (nSPS) is 11.1. The molecule has 1 N–H and O–H groups in total. The summed E-state index contributed by atoms with van der Waals surface area (Å²) in [7, 11) is 1.80. The molecule has 0 atom stereocenters. The maximum absolute atomic E-state index is 13.6. The molecule has 6 nitrogen and oxygen atoms in total. The number of hydrogen-bond acceptors (Lipinski definition) is 5. The molecule has 0 saturated heterocycles. The molecule has 122 valence electrons. The van der Waals surface area contributed by atoms with Crippen molar-refractivity contribution in [3.63, 3.8) is 0 Å². The maximum atomic E-state index is 13.6. The van der Waals surface area contributed by atoms with Gasteiger partial charge in [-0.25, -0.2) is 4.39 Å². The van der Waals surface area contributed by atoms with Crippen LogP contribution in [0.3, 0.4) is 0 Å². The molecular formula is C16H14FN5OS. The molecule has 1 amide bonds. The number of nitrogens with one attached hydrogen (secondary N) is 1. The van der Waals surface area contributed by atoms with Gasteiger partial charge in [0.25, 0.3) is 0 Å². The number of carbonyl (C=O) groups is 1. The predicted molar refractivity (Wildman–Crippen MR) is 90.0 cm³/mol. The van der Waals surface area contributed by atoms with E-state index in [-0.39, 0.29) is 11.7 Å². The highest BCUT2D eigenvalue weighted by molar-refractivity contribution is 7.15. The minimum atomic E-state index is -0.313. The molecule has 3 aromatic rings. The van der Waals surface area contributed by atoms with Crippen molar-refractivity contribution in [1.82, 2.24) is 20.0 Å². The lowest BCUT2D eigenvalue weighted by atomic mass is 10.1. The van der Waals surface area contributed by atoms with Gasteiger partial charge in [-0.2, -0.15) is 5.10 Å². The number of carbonyl (C=O) groups excluding carboxylic acids is 1. The highest BCUT2D eigenvalue weighted by Crippen LogP contribution is 2.20. The number of hydrogen-bond donors (Lipinski definition) is 1. The molecule has 2 aromatic heterocycles. The average molecular weight is 343 g/mol. The van der Waals surface area contributed by atoms with Gasteiger partial charge in [-0.05, 0) is 17.7 Å². The molecule has 2 heterocycles. The van der Waals surface area contributed by atoms with Crippen LogP contribution >= 0.6 is 11.3 Å². The van der Waals surface area contributed by atoms with Crippen molar-refractivity contribution in [2.24, 2.45) is 7.05 Å². The summed E-state index contributed by atoms with van der Waals surface area (Å²) in [6.45, 7) is 0. The first-order valence-corrected chi connectivity index (χ1v) is 7.95. The summed E-state index contributed by atoms with van der Waals surface area (Å²) in [5.74, 6) is -0.592. The van der Waals surface area contributed by atoms with Crippen LogP contribution in [0, 0.1) is 5.82 Å². The summed E-state index contributed by atoms with van der Waals surface area (Å²) in [5, 5.41) is 15.5. The fourth-order valence-corrected chi connectivity index (χ4v) is 2.79. The van der Waals surface area contributed by atoms with E-state index in [2.05, 4.69) is 20.6 Å². The van der Waals surface area contributed by atoms with Gasteiger partial charge >= 0.3 is 0 Å². The Morgan fingerprint density at radius 1 is 1.38 bits per heavy atom. The van der Waals surface area contributed by atoms with Gasteiger partial charge in [0.05, 0.1) is 6.20 Å². The molecule has 0 spiro atoms. The predicted octanol–water partition coefficient (Wildman–Crippen LogP) is 2.65. The van der Waals surface area contributed by atoms with Gasteiger partial charge in [0, 0.05) is 31.3 Å². The molecule has 0 fully saturated rings. The largest absolute Gasteiger partial charge is 0.297 e. The SMILES string of the molecule is Cn1cc(C=CC(=O)Nc2nnc(Cc3ccccc3F)s2)cn1. The van der Waals surface area contributed by atoms with Gasteiger partial charge in [0.1, 0.15) is 10.8 Å². The van der Waals surface area contributed by atoms with Crippen LogP contribution < -0.4 is 5.32 Å². The van der Waals surface area contributed by atoms with Crippen LogP contribution in [0.25, 0.3) is 6.08 Å². The Labute approximate surface area is 141 Å². The molecule has 0 radical (unpaired) electrons. The first-order valence-electron chi connectivity index (χ1n) is 7.13. The first-order chi connectivity index (χ1) is 11.6. The second-order valence-electron chi connectivity index (χ2n) is 5.04. The van der Waals surface area contributed by atoms with Crippen LogP contribution in [0.5, 0.6) is 0 Å². The molecule has 24 heavy (non-hydrogen) atoms. The van der Waals surface area contributed by atoms with Crippen molar-refractivity contribution in [1.29, 1.82) is 0 Å². The number of nitrogens with zero attached hydrogens (tertiary/aromatic N) is 4. The summed E-state index contributed by atoms with van der Waals surface area (Å²) in [5.41, 5.74) is 1.37. The van der Waals surface area contributed by atoms with Crippen LogP contribution in [0.1, 0.15) is 16.1 Å². The van der Waals surface area contributed by atoms with Crippen molar-refractivity contribution < 1.29 is 9.18 Å². The third kappa shape index (κ3) is 4.11. The summed E-state index contributed by atoms with van der Waals surface area (Å²) >= 11 is 1.22. The fourth-order valence-electron chi connectivity index (χ4n) is 2.03. The van der Waals surface area contributed by atoms with Gasteiger partial charge in [0.2, 0.25) is 11.0 Å². The van der Waals surface area contributed by atoms with Gasteiger partial charge < -0.3 is 0 Å². The molecule has 0 bridgehead atoms. The Kier molecular flexibility index (Phi) is 4.76. The zero-order valence-corrected chi connectivity index (χ0v) is 13.6. The van der Waals surface area contributed by atoms with Crippen molar-refractivity contribution in [3.05, 3.63) is 64.7 Å². The maximum Gasteiger partial charge on any atom is 0.250 e. The molecule has 0 aliphatic carbocycles. The van der Waals surface area contributed by atoms with Gasteiger partial charge in [-0.1, -0.05) is 29.5 Å². The van der Waals surface area contributed by atoms with E-state index in [0.29, 0.717) is 22.1 Å². The Hall–Kier alpha value is -2.87. The topological polar surface area (TPSA) is 72.7 Å².